The third-order valence-electron chi connectivity index (χ3n) is 10.8. The molecule has 0 spiro atoms. The van der Waals surface area contributed by atoms with Gasteiger partial charge in [-0.1, -0.05) is 0 Å². The van der Waals surface area contributed by atoms with Gasteiger partial charge >= 0.3 is 266 Å². The van der Waals surface area contributed by atoms with Crippen molar-refractivity contribution in [3.63, 3.8) is 0 Å². The van der Waals surface area contributed by atoms with Crippen LogP contribution in [0.3, 0.4) is 0 Å². The first-order valence-corrected chi connectivity index (χ1v) is 26.0. The van der Waals surface area contributed by atoms with E-state index in [9.17, 15) is 0 Å². The first kappa shape index (κ1) is 34.2. The Kier molecular flexibility index (Phi) is 10.2. The van der Waals surface area contributed by atoms with E-state index in [2.05, 4.69) is 139 Å². The van der Waals surface area contributed by atoms with E-state index in [4.69, 9.17) is 0 Å². The number of rotatable bonds is 8. The van der Waals surface area contributed by atoms with Crippen molar-refractivity contribution >= 4 is 37.0 Å². The summed E-state index contributed by atoms with van der Waals surface area (Å²) in [5.41, 5.74) is 18.2. The number of hydrogen-bond donors (Lipinski definition) is 0. The van der Waals surface area contributed by atoms with Crippen LogP contribution < -0.4 is 0 Å². The Balaban J connectivity index is 0.00000200. The summed E-state index contributed by atoms with van der Waals surface area (Å²) < 4.78 is 4.39. The monoisotopic (exact) mass is 802 g/mol. The van der Waals surface area contributed by atoms with Gasteiger partial charge in [0.1, 0.15) is 0 Å². The van der Waals surface area contributed by atoms with E-state index in [1.807, 2.05) is 0 Å². The first-order valence-electron chi connectivity index (χ1n) is 16.7. The molecular formula is C42H48Cl2Hf. The summed E-state index contributed by atoms with van der Waals surface area (Å²) in [6, 6.07) is 33.1. The molecule has 0 bridgehead atoms. The molecule has 4 aromatic carbocycles. The molecule has 1 aliphatic heterocycles. The van der Waals surface area contributed by atoms with Crippen molar-refractivity contribution in [1.82, 2.24) is 0 Å². The molecule has 0 nitrogen and oxygen atoms in total. The summed E-state index contributed by atoms with van der Waals surface area (Å²) in [5.74, 6) is 1.14. The Morgan fingerprint density at radius 2 is 0.933 bits per heavy atom. The summed E-state index contributed by atoms with van der Waals surface area (Å²) >= 11 is -2.95. The molecule has 7 rings (SSSR count). The number of hydrogen-bond acceptors (Lipinski definition) is 0. The zero-order valence-electron chi connectivity index (χ0n) is 27.7. The minimum atomic E-state index is -2.95. The Morgan fingerprint density at radius 3 is 1.24 bits per heavy atom. The molecule has 4 aromatic rings. The fourth-order valence-electron chi connectivity index (χ4n) is 8.37. The van der Waals surface area contributed by atoms with Crippen molar-refractivity contribution in [3.8, 4) is 22.3 Å². The molecule has 1 saturated heterocycles. The van der Waals surface area contributed by atoms with Gasteiger partial charge in [-0.05, 0) is 0 Å². The zero-order valence-corrected chi connectivity index (χ0v) is 32.9. The largest absolute Gasteiger partial charge is 0.147 e. The summed E-state index contributed by atoms with van der Waals surface area (Å²) in [6.45, 7) is 14.3. The molecule has 2 aliphatic carbocycles. The van der Waals surface area contributed by atoms with Crippen molar-refractivity contribution in [2.24, 2.45) is 11.8 Å². The molecule has 234 valence electrons. The maximum atomic E-state index is 2.65. The number of halogens is 2. The Labute approximate surface area is 288 Å². The van der Waals surface area contributed by atoms with Crippen LogP contribution in [0.25, 0.3) is 34.4 Å². The Hall–Kier alpha value is -2.19. The molecule has 0 aromatic heterocycles. The molecule has 0 amide bonds. The second-order valence-corrected chi connectivity index (χ2v) is 30.5. The van der Waals surface area contributed by atoms with Crippen molar-refractivity contribution in [3.05, 3.63) is 129 Å². The van der Waals surface area contributed by atoms with Gasteiger partial charge in [-0.15, -0.1) is 24.8 Å². The van der Waals surface area contributed by atoms with E-state index in [1.165, 1.54) is 52.9 Å². The van der Waals surface area contributed by atoms with E-state index in [1.54, 1.807) is 22.3 Å². The van der Waals surface area contributed by atoms with Crippen LogP contribution in [0.15, 0.2) is 96.1 Å². The molecule has 3 heteroatoms. The van der Waals surface area contributed by atoms with Gasteiger partial charge in [0.25, 0.3) is 0 Å². The van der Waals surface area contributed by atoms with Crippen LogP contribution in [0.1, 0.15) is 82.3 Å². The van der Waals surface area contributed by atoms with E-state index >= 15 is 0 Å². The fourth-order valence-corrected chi connectivity index (χ4v) is 37.3. The average molecular weight is 802 g/mol. The molecule has 0 N–H and O–H groups in total. The maximum absolute atomic E-state index is 2.95. The summed E-state index contributed by atoms with van der Waals surface area (Å²) in [6.07, 6.45) is 7.47. The van der Waals surface area contributed by atoms with Crippen LogP contribution in [-0.2, 0) is 32.8 Å². The zero-order chi connectivity index (χ0) is 29.9. The van der Waals surface area contributed by atoms with Crippen LogP contribution in [0, 0.1) is 11.8 Å². The van der Waals surface area contributed by atoms with Crippen LogP contribution in [0.4, 0.5) is 0 Å². The molecule has 2 unspecified atom stereocenters. The number of benzene rings is 4. The van der Waals surface area contributed by atoms with E-state index < -0.39 is 20.0 Å². The quantitative estimate of drug-likeness (QED) is 0.156. The van der Waals surface area contributed by atoms with Gasteiger partial charge < -0.3 is 0 Å². The van der Waals surface area contributed by atoms with E-state index in [-0.39, 0.29) is 24.8 Å². The molecule has 0 radical (unpaired) electrons. The molecule has 1 fully saturated rings. The van der Waals surface area contributed by atoms with E-state index in [0.29, 0.717) is 19.2 Å². The van der Waals surface area contributed by atoms with Crippen LogP contribution in [0.2, 0.25) is 8.35 Å². The second-order valence-electron chi connectivity index (χ2n) is 13.9. The molecular weight excluding hydrogens is 754 g/mol. The summed E-state index contributed by atoms with van der Waals surface area (Å²) in [7, 11) is 0. The summed E-state index contributed by atoms with van der Waals surface area (Å²) in [4.78, 5) is 0. The third-order valence-corrected chi connectivity index (χ3v) is 29.7. The molecule has 45 heavy (non-hydrogen) atoms. The van der Waals surface area contributed by atoms with Crippen molar-refractivity contribution in [1.29, 1.82) is 0 Å². The standard InChI is InChI=1S/2C20H21.C2H4.2ClH.Hf/c2*1-4-15-8-10-16(11-9-15)19-7-5-6-17-12-18(14(2)3)13-20(17)19;1-2;;;/h2*5-14H,4H2,1-3H3;1-2H2;2*1H;. The van der Waals surface area contributed by atoms with Crippen LogP contribution >= 0.6 is 24.8 Å². The predicted molar refractivity (Wildman–Crippen MR) is 198 cm³/mol. The predicted octanol–water partition coefficient (Wildman–Crippen LogP) is 12.9. The van der Waals surface area contributed by atoms with Gasteiger partial charge in [-0.2, -0.15) is 0 Å². The number of fused-ring (bicyclic) bond motifs is 2. The van der Waals surface area contributed by atoms with Gasteiger partial charge in [-0.3, -0.25) is 0 Å². The molecule has 1 heterocycles. The Bertz CT molecular complexity index is 1610. The fraction of sp³-hybridized carbons (Fsp3) is 0.333. The van der Waals surface area contributed by atoms with Gasteiger partial charge in [-0.25, -0.2) is 0 Å². The van der Waals surface area contributed by atoms with E-state index in [0.717, 1.165) is 12.8 Å². The van der Waals surface area contributed by atoms with Crippen molar-refractivity contribution in [2.75, 3.05) is 0 Å². The smallest absolute Gasteiger partial charge is 0.147 e. The minimum absolute atomic E-state index is 0. The number of allylic oxidation sites excluding steroid dienone is 2. The second kappa shape index (κ2) is 13.5. The SMILES string of the molecule is CCc1ccc(-c2cccc3c2C=C(C(C)C)[CH]3[Hf]2([CH]3C(C(C)C)=Cc4c(-c5ccc(CC)cc5)cccc43)[CH2][CH2]2)cc1.Cl.Cl. The van der Waals surface area contributed by atoms with Gasteiger partial charge in [0.2, 0.25) is 0 Å². The van der Waals surface area contributed by atoms with Crippen LogP contribution in [-0.4, -0.2) is 0 Å². The minimum Gasteiger partial charge on any atom is -0.147 e. The number of aryl methyl sites for hydroxylation is 2. The summed E-state index contributed by atoms with van der Waals surface area (Å²) in [5, 5.41) is 0. The van der Waals surface area contributed by atoms with Gasteiger partial charge in [0.05, 0.1) is 0 Å². The molecule has 0 saturated carbocycles. The van der Waals surface area contributed by atoms with Crippen molar-refractivity contribution < 1.29 is 20.0 Å². The van der Waals surface area contributed by atoms with Crippen molar-refractivity contribution in [2.45, 2.75) is 70.1 Å². The van der Waals surface area contributed by atoms with Gasteiger partial charge in [0.15, 0.2) is 0 Å². The maximum Gasteiger partial charge on any atom is -0.147 e. The molecule has 3 aliphatic rings. The third kappa shape index (κ3) is 5.81. The normalized spacial score (nSPS) is 18.9. The van der Waals surface area contributed by atoms with Gasteiger partial charge in [0, 0.05) is 0 Å². The molecule has 2 atom stereocenters. The average Bonchev–Trinajstić information content (AvgIpc) is 3.54. The Morgan fingerprint density at radius 1 is 0.556 bits per heavy atom. The van der Waals surface area contributed by atoms with Crippen LogP contribution in [0.5, 0.6) is 0 Å². The topological polar surface area (TPSA) is 0 Å². The first-order chi connectivity index (χ1) is 20.9.